The van der Waals surface area contributed by atoms with Gasteiger partial charge >= 0.3 is 5.97 Å². The van der Waals surface area contributed by atoms with Crippen molar-refractivity contribution in [3.05, 3.63) is 30.3 Å². The van der Waals surface area contributed by atoms with Crippen molar-refractivity contribution < 1.29 is 9.53 Å². The first kappa shape index (κ1) is 14.2. The highest BCUT2D eigenvalue weighted by molar-refractivity contribution is 9.14. The van der Waals surface area contributed by atoms with E-state index in [0.29, 0.717) is 11.1 Å². The lowest BCUT2D eigenvalue weighted by Crippen LogP contribution is -2.44. The first-order valence-electron chi connectivity index (χ1n) is 4.67. The highest BCUT2D eigenvalue weighted by atomic mass is 79.9. The number of alkyl halides is 3. The molecule has 1 rings (SSSR count). The van der Waals surface area contributed by atoms with E-state index >= 15 is 0 Å². The zero-order valence-electron chi connectivity index (χ0n) is 8.62. The van der Waals surface area contributed by atoms with Gasteiger partial charge < -0.3 is 4.74 Å². The molecule has 2 nitrogen and oxygen atoms in total. The molecule has 2 unspecified atom stereocenters. The van der Waals surface area contributed by atoms with Crippen LogP contribution in [0.15, 0.2) is 30.3 Å². The van der Waals surface area contributed by atoms with Gasteiger partial charge in [0.15, 0.2) is 0 Å². The van der Waals surface area contributed by atoms with Gasteiger partial charge in [0.1, 0.15) is 10.1 Å². The predicted octanol–water partition coefficient (Wildman–Crippen LogP) is 3.90. The van der Waals surface area contributed by atoms with Crippen molar-refractivity contribution in [2.45, 2.75) is 16.1 Å². The summed E-state index contributed by atoms with van der Waals surface area (Å²) in [6, 6.07) is 9.02. The average molecular weight is 415 g/mol. The van der Waals surface area contributed by atoms with Gasteiger partial charge in [-0.25, -0.2) is 0 Å². The van der Waals surface area contributed by atoms with Crippen LogP contribution in [0, 0.1) is 0 Å². The Bertz CT molecular complexity index is 354. The molecule has 5 heteroatoms. The molecule has 0 bridgehead atoms. The molecule has 0 aliphatic carbocycles. The van der Waals surface area contributed by atoms with Crippen LogP contribution in [-0.4, -0.2) is 20.5 Å². The van der Waals surface area contributed by atoms with Crippen molar-refractivity contribution in [2.75, 3.05) is 5.33 Å². The number of halogens is 3. The van der Waals surface area contributed by atoms with E-state index in [1.165, 1.54) is 0 Å². The van der Waals surface area contributed by atoms with Crippen LogP contribution in [0.3, 0.4) is 0 Å². The van der Waals surface area contributed by atoms with E-state index in [1.807, 2.05) is 25.1 Å². The van der Waals surface area contributed by atoms with Crippen molar-refractivity contribution >= 4 is 53.8 Å². The lowest BCUT2D eigenvalue weighted by atomic mass is 10.1. The maximum Gasteiger partial charge on any atom is 0.330 e. The summed E-state index contributed by atoms with van der Waals surface area (Å²) in [5.74, 6) is 0.227. The van der Waals surface area contributed by atoms with E-state index in [1.54, 1.807) is 12.1 Å². The van der Waals surface area contributed by atoms with Gasteiger partial charge in [0, 0.05) is 10.2 Å². The van der Waals surface area contributed by atoms with Crippen LogP contribution in [0.4, 0.5) is 0 Å². The first-order chi connectivity index (χ1) is 7.50. The molecule has 0 heterocycles. The third kappa shape index (κ3) is 3.31. The van der Waals surface area contributed by atoms with Crippen LogP contribution in [0.5, 0.6) is 5.75 Å². The van der Waals surface area contributed by atoms with Crippen molar-refractivity contribution in [3.8, 4) is 5.75 Å². The van der Waals surface area contributed by atoms with Crippen LogP contribution < -0.4 is 4.74 Å². The summed E-state index contributed by atoms with van der Waals surface area (Å²) in [6.45, 7) is 1.89. The Morgan fingerprint density at radius 1 is 1.44 bits per heavy atom. The monoisotopic (exact) mass is 412 g/mol. The molecular weight excluding hydrogens is 404 g/mol. The standard InChI is InChI=1S/C11H11Br3O2/c1-8(13)11(14,7-12)10(15)16-9-5-3-2-4-6-9/h2-6,8H,7H2,1H3. The van der Waals surface area contributed by atoms with Gasteiger partial charge in [0.05, 0.1) is 0 Å². The van der Waals surface area contributed by atoms with Crippen molar-refractivity contribution in [2.24, 2.45) is 0 Å². The number of carbonyl (C=O) groups is 1. The van der Waals surface area contributed by atoms with E-state index in [-0.39, 0.29) is 10.8 Å². The number of carbonyl (C=O) groups excluding carboxylic acids is 1. The quantitative estimate of drug-likeness (QED) is 0.424. The Hall–Kier alpha value is 0.130. The second kappa shape index (κ2) is 6.17. The fourth-order valence-electron chi connectivity index (χ4n) is 1.00. The number of ether oxygens (including phenoxy) is 1. The highest BCUT2D eigenvalue weighted by Crippen LogP contribution is 2.32. The Morgan fingerprint density at radius 3 is 2.44 bits per heavy atom. The minimum absolute atomic E-state index is 0.0458. The fourth-order valence-corrected chi connectivity index (χ4v) is 2.58. The van der Waals surface area contributed by atoms with Gasteiger partial charge in [-0.1, -0.05) is 72.9 Å². The molecular formula is C11H11Br3O2. The molecule has 88 valence electrons. The number of hydrogen-bond donors (Lipinski definition) is 0. The zero-order chi connectivity index (χ0) is 12.2. The molecule has 0 saturated carbocycles. The van der Waals surface area contributed by atoms with Gasteiger partial charge in [-0.3, -0.25) is 4.79 Å². The lowest BCUT2D eigenvalue weighted by Gasteiger charge is -2.25. The number of esters is 1. The van der Waals surface area contributed by atoms with E-state index in [2.05, 4.69) is 47.8 Å². The molecule has 0 aliphatic rings. The van der Waals surface area contributed by atoms with Crippen molar-refractivity contribution in [1.82, 2.24) is 0 Å². The minimum Gasteiger partial charge on any atom is -0.425 e. The van der Waals surface area contributed by atoms with Crippen molar-refractivity contribution in [3.63, 3.8) is 0 Å². The third-order valence-electron chi connectivity index (χ3n) is 2.12. The average Bonchev–Trinajstić information content (AvgIpc) is 2.28. The van der Waals surface area contributed by atoms with Crippen LogP contribution in [0.2, 0.25) is 0 Å². The molecule has 0 saturated heterocycles. The molecule has 0 N–H and O–H groups in total. The number of hydrogen-bond acceptors (Lipinski definition) is 2. The predicted molar refractivity (Wildman–Crippen MR) is 75.9 cm³/mol. The second-order valence-electron chi connectivity index (χ2n) is 3.31. The third-order valence-corrected chi connectivity index (χ3v) is 6.44. The lowest BCUT2D eigenvalue weighted by molar-refractivity contribution is -0.136. The Balaban J connectivity index is 2.79. The molecule has 16 heavy (non-hydrogen) atoms. The van der Waals surface area contributed by atoms with Crippen molar-refractivity contribution in [1.29, 1.82) is 0 Å². The van der Waals surface area contributed by atoms with E-state index in [4.69, 9.17) is 4.74 Å². The minimum atomic E-state index is -0.761. The summed E-state index contributed by atoms with van der Waals surface area (Å²) < 4.78 is 4.52. The smallest absolute Gasteiger partial charge is 0.330 e. The summed E-state index contributed by atoms with van der Waals surface area (Å²) in [6.07, 6.45) is 0. The van der Waals surface area contributed by atoms with Gasteiger partial charge in [-0.15, -0.1) is 0 Å². The second-order valence-corrected chi connectivity index (χ2v) is 6.66. The summed E-state index contributed by atoms with van der Waals surface area (Å²) in [5, 5.41) is 0.470. The number of benzene rings is 1. The fraction of sp³-hybridized carbons (Fsp3) is 0.364. The molecule has 0 spiro atoms. The molecule has 1 aromatic carbocycles. The summed E-state index contributed by atoms with van der Waals surface area (Å²) in [4.78, 5) is 11.9. The van der Waals surface area contributed by atoms with E-state index < -0.39 is 4.32 Å². The maximum absolute atomic E-state index is 12.0. The van der Waals surface area contributed by atoms with Gasteiger partial charge in [0.25, 0.3) is 0 Å². The van der Waals surface area contributed by atoms with Crippen LogP contribution in [0.25, 0.3) is 0 Å². The highest BCUT2D eigenvalue weighted by Gasteiger charge is 2.41. The van der Waals surface area contributed by atoms with Gasteiger partial charge in [-0.05, 0) is 12.1 Å². The molecule has 0 radical (unpaired) electrons. The summed E-state index contributed by atoms with van der Waals surface area (Å²) in [5.41, 5.74) is 0. The van der Waals surface area contributed by atoms with Crippen LogP contribution in [0.1, 0.15) is 6.92 Å². The van der Waals surface area contributed by atoms with Gasteiger partial charge in [0.2, 0.25) is 0 Å². The molecule has 0 aromatic heterocycles. The van der Waals surface area contributed by atoms with Crippen LogP contribution in [-0.2, 0) is 4.79 Å². The van der Waals surface area contributed by atoms with E-state index in [0.717, 1.165) is 0 Å². The topological polar surface area (TPSA) is 26.3 Å². The number of para-hydroxylation sites is 1. The van der Waals surface area contributed by atoms with Gasteiger partial charge in [-0.2, -0.15) is 0 Å². The summed E-state index contributed by atoms with van der Waals surface area (Å²) >= 11 is 10.1. The Labute approximate surface area is 120 Å². The molecule has 0 fully saturated rings. The number of rotatable bonds is 4. The first-order valence-corrected chi connectivity index (χ1v) is 7.50. The molecule has 0 amide bonds. The summed E-state index contributed by atoms with van der Waals surface area (Å²) in [7, 11) is 0. The van der Waals surface area contributed by atoms with E-state index in [9.17, 15) is 4.79 Å². The Morgan fingerprint density at radius 2 is 2.00 bits per heavy atom. The normalized spacial score (nSPS) is 16.2. The molecule has 0 aliphatic heterocycles. The zero-order valence-corrected chi connectivity index (χ0v) is 13.4. The molecule has 1 aromatic rings. The largest absolute Gasteiger partial charge is 0.425 e. The SMILES string of the molecule is CC(Br)C(Br)(CBr)C(=O)Oc1ccccc1. The maximum atomic E-state index is 12.0. The van der Waals surface area contributed by atoms with Crippen LogP contribution >= 0.6 is 47.8 Å². The molecule has 2 atom stereocenters. The Kier molecular flexibility index (Phi) is 5.47.